The number of aromatic nitrogens is 2. The van der Waals surface area contributed by atoms with Crippen molar-refractivity contribution in [2.45, 2.75) is 33.1 Å². The Bertz CT molecular complexity index is 717. The molecule has 0 saturated carbocycles. The summed E-state index contributed by atoms with van der Waals surface area (Å²) in [4.78, 5) is 52.9. The summed E-state index contributed by atoms with van der Waals surface area (Å²) in [5.74, 6) is -3.52. The van der Waals surface area contributed by atoms with Crippen molar-refractivity contribution in [3.05, 3.63) is 27.4 Å². The minimum Gasteiger partial charge on any atom is -0.477 e. The van der Waals surface area contributed by atoms with E-state index < -0.39 is 40.3 Å². The van der Waals surface area contributed by atoms with E-state index in [0.29, 0.717) is 0 Å². The fourth-order valence-electron chi connectivity index (χ4n) is 1.94. The first kappa shape index (κ1) is 19.3. The highest BCUT2D eigenvalue weighted by Gasteiger charge is 2.28. The lowest BCUT2D eigenvalue weighted by molar-refractivity contribution is -0.144. The van der Waals surface area contributed by atoms with Gasteiger partial charge in [0.25, 0.3) is 11.5 Å². The molecule has 0 saturated heterocycles. The molecular formula is C15H21N3O6. The van der Waals surface area contributed by atoms with Crippen LogP contribution in [0.25, 0.3) is 0 Å². The summed E-state index contributed by atoms with van der Waals surface area (Å²) < 4.78 is 4.55. The first-order valence-electron chi connectivity index (χ1n) is 7.23. The number of amides is 1. The molecule has 1 rings (SSSR count). The highest BCUT2D eigenvalue weighted by atomic mass is 16.5. The third-order valence-corrected chi connectivity index (χ3v) is 3.23. The highest BCUT2D eigenvalue weighted by molar-refractivity contribution is 5.93. The number of nitrogens with one attached hydrogen (secondary N) is 2. The number of rotatable bonds is 5. The monoisotopic (exact) mass is 339 g/mol. The van der Waals surface area contributed by atoms with Crippen LogP contribution in [0.1, 0.15) is 54.4 Å². The first-order chi connectivity index (χ1) is 11.0. The molecule has 1 heterocycles. The summed E-state index contributed by atoms with van der Waals surface area (Å²) in [6.45, 7) is 6.60. The Morgan fingerprint density at radius 3 is 2.38 bits per heavy atom. The van der Waals surface area contributed by atoms with Crippen LogP contribution in [0.5, 0.6) is 0 Å². The Kier molecular flexibility index (Phi) is 5.83. The van der Waals surface area contributed by atoms with Crippen molar-refractivity contribution in [3.8, 4) is 0 Å². The van der Waals surface area contributed by atoms with Gasteiger partial charge < -0.3 is 20.1 Å². The van der Waals surface area contributed by atoms with Crippen LogP contribution in [0.4, 0.5) is 0 Å². The molecule has 0 aliphatic carbocycles. The van der Waals surface area contributed by atoms with Gasteiger partial charge in [-0.05, 0) is 0 Å². The summed E-state index contributed by atoms with van der Waals surface area (Å²) >= 11 is 0. The van der Waals surface area contributed by atoms with Crippen molar-refractivity contribution in [1.29, 1.82) is 0 Å². The van der Waals surface area contributed by atoms with Gasteiger partial charge in [0.05, 0.1) is 18.7 Å². The van der Waals surface area contributed by atoms with Crippen molar-refractivity contribution >= 4 is 17.8 Å². The van der Waals surface area contributed by atoms with Crippen LogP contribution in [0.15, 0.2) is 4.79 Å². The van der Waals surface area contributed by atoms with E-state index in [4.69, 9.17) is 0 Å². The Labute approximate surface area is 138 Å². The first-order valence-corrected chi connectivity index (χ1v) is 7.23. The van der Waals surface area contributed by atoms with Crippen molar-refractivity contribution in [1.82, 2.24) is 15.3 Å². The standard InChI is InChI=1S/C15H21N3O6/c1-7(14(23)24-5)6-16-12(20)10-17-9(15(2,3)4)8(13(21)22)11(19)18-10/h7H,6H2,1-5H3,(H,16,20)(H,21,22)(H,17,18,19). The normalized spacial score (nSPS) is 12.4. The SMILES string of the molecule is COC(=O)C(C)CNC(=O)c1nc(C(C)(C)C)c(C(=O)O)c(=O)[nH]1. The summed E-state index contributed by atoms with van der Waals surface area (Å²) in [7, 11) is 1.24. The molecule has 1 unspecified atom stereocenters. The van der Waals surface area contributed by atoms with Crippen LogP contribution < -0.4 is 10.9 Å². The predicted octanol–water partition coefficient (Wildman–Crippen LogP) is 0.305. The smallest absolute Gasteiger partial charge is 0.343 e. The summed E-state index contributed by atoms with van der Waals surface area (Å²) in [6, 6.07) is 0. The average molecular weight is 339 g/mol. The van der Waals surface area contributed by atoms with Crippen LogP contribution in [0.3, 0.4) is 0 Å². The maximum absolute atomic E-state index is 12.1. The molecular weight excluding hydrogens is 318 g/mol. The number of aromatic amines is 1. The summed E-state index contributed by atoms with van der Waals surface area (Å²) in [5, 5.41) is 11.6. The molecule has 9 nitrogen and oxygen atoms in total. The number of hydrogen-bond donors (Lipinski definition) is 3. The summed E-state index contributed by atoms with van der Waals surface area (Å²) in [6.07, 6.45) is 0. The second kappa shape index (κ2) is 7.24. The minimum absolute atomic E-state index is 0.00455. The summed E-state index contributed by atoms with van der Waals surface area (Å²) in [5.41, 5.74) is -2.16. The van der Waals surface area contributed by atoms with Crippen molar-refractivity contribution < 1.29 is 24.2 Å². The van der Waals surface area contributed by atoms with Gasteiger partial charge in [-0.1, -0.05) is 27.7 Å². The van der Waals surface area contributed by atoms with E-state index in [9.17, 15) is 24.3 Å². The van der Waals surface area contributed by atoms with E-state index in [1.54, 1.807) is 27.7 Å². The van der Waals surface area contributed by atoms with Gasteiger partial charge in [-0.25, -0.2) is 9.78 Å². The lowest BCUT2D eigenvalue weighted by atomic mass is 9.88. The fourth-order valence-corrected chi connectivity index (χ4v) is 1.94. The fraction of sp³-hybridized carbons (Fsp3) is 0.533. The molecule has 0 radical (unpaired) electrons. The number of H-pyrrole nitrogens is 1. The molecule has 0 aliphatic heterocycles. The lowest BCUT2D eigenvalue weighted by Gasteiger charge is -2.20. The quantitative estimate of drug-likeness (QED) is 0.656. The number of aromatic carboxylic acids is 1. The van der Waals surface area contributed by atoms with Gasteiger partial charge in [0, 0.05) is 12.0 Å². The van der Waals surface area contributed by atoms with E-state index in [1.807, 2.05) is 0 Å². The molecule has 0 bridgehead atoms. The van der Waals surface area contributed by atoms with Crippen molar-refractivity contribution in [3.63, 3.8) is 0 Å². The zero-order valence-corrected chi connectivity index (χ0v) is 14.2. The van der Waals surface area contributed by atoms with Crippen LogP contribution >= 0.6 is 0 Å². The molecule has 3 N–H and O–H groups in total. The number of hydrogen-bond acceptors (Lipinski definition) is 6. The predicted molar refractivity (Wildman–Crippen MR) is 84.0 cm³/mol. The van der Waals surface area contributed by atoms with Gasteiger partial charge in [-0.2, -0.15) is 0 Å². The molecule has 132 valence electrons. The van der Waals surface area contributed by atoms with Crippen LogP contribution in [-0.4, -0.2) is 46.6 Å². The number of carbonyl (C=O) groups is 3. The maximum Gasteiger partial charge on any atom is 0.343 e. The molecule has 1 atom stereocenters. The number of ether oxygens (including phenoxy) is 1. The average Bonchev–Trinajstić information content (AvgIpc) is 2.49. The largest absolute Gasteiger partial charge is 0.477 e. The Morgan fingerprint density at radius 1 is 1.33 bits per heavy atom. The van der Waals surface area contributed by atoms with Crippen LogP contribution in [-0.2, 0) is 14.9 Å². The zero-order valence-electron chi connectivity index (χ0n) is 14.2. The van der Waals surface area contributed by atoms with Crippen LogP contribution in [0.2, 0.25) is 0 Å². The molecule has 24 heavy (non-hydrogen) atoms. The molecule has 0 fully saturated rings. The minimum atomic E-state index is -1.42. The second-order valence-electron chi connectivity index (χ2n) is 6.33. The van der Waals surface area contributed by atoms with Crippen LogP contribution in [0, 0.1) is 5.92 Å². The van der Waals surface area contributed by atoms with E-state index >= 15 is 0 Å². The van der Waals surface area contributed by atoms with Gasteiger partial charge in [0.2, 0.25) is 0 Å². The van der Waals surface area contributed by atoms with Gasteiger partial charge in [0.1, 0.15) is 5.56 Å². The lowest BCUT2D eigenvalue weighted by Crippen LogP contribution is -2.36. The second-order valence-corrected chi connectivity index (χ2v) is 6.33. The molecule has 1 amide bonds. The number of methoxy groups -OCH3 is 1. The van der Waals surface area contributed by atoms with Crippen molar-refractivity contribution in [2.75, 3.05) is 13.7 Å². The van der Waals surface area contributed by atoms with Gasteiger partial charge in [0.15, 0.2) is 5.82 Å². The number of carboxylic acid groups (broad SMARTS) is 1. The third-order valence-electron chi connectivity index (χ3n) is 3.23. The van der Waals surface area contributed by atoms with E-state index in [1.165, 1.54) is 7.11 Å². The van der Waals surface area contributed by atoms with Crippen molar-refractivity contribution in [2.24, 2.45) is 5.92 Å². The molecule has 9 heteroatoms. The molecule has 1 aromatic rings. The Balaban J connectivity index is 3.16. The zero-order chi connectivity index (χ0) is 18.7. The Hall–Kier alpha value is -2.71. The molecule has 0 spiro atoms. The van der Waals surface area contributed by atoms with Gasteiger partial charge >= 0.3 is 11.9 Å². The highest BCUT2D eigenvalue weighted by Crippen LogP contribution is 2.22. The number of carboxylic acids is 1. The van der Waals surface area contributed by atoms with E-state index in [2.05, 4.69) is 20.0 Å². The molecule has 0 aromatic carbocycles. The number of carbonyl (C=O) groups excluding carboxylic acids is 2. The van der Waals surface area contributed by atoms with Gasteiger partial charge in [-0.3, -0.25) is 14.4 Å². The van der Waals surface area contributed by atoms with E-state index in [0.717, 1.165) is 0 Å². The van der Waals surface area contributed by atoms with Gasteiger partial charge in [-0.15, -0.1) is 0 Å². The Morgan fingerprint density at radius 2 is 1.92 bits per heavy atom. The number of nitrogens with zero attached hydrogens (tertiary/aromatic N) is 1. The maximum atomic E-state index is 12.1. The molecule has 0 aliphatic rings. The van der Waals surface area contributed by atoms with E-state index in [-0.39, 0.29) is 18.1 Å². The third kappa shape index (κ3) is 4.40. The topological polar surface area (TPSA) is 138 Å². The number of esters is 1. The molecule has 1 aromatic heterocycles.